The molecule has 0 unspecified atom stereocenters. The number of methoxy groups -OCH3 is 2. The van der Waals surface area contributed by atoms with Gasteiger partial charge in [0.1, 0.15) is 18.0 Å². The van der Waals surface area contributed by atoms with Crippen molar-refractivity contribution < 1.29 is 24.2 Å². The largest absolute Gasteiger partial charge is 0.497 e. The van der Waals surface area contributed by atoms with Crippen molar-refractivity contribution in [2.24, 2.45) is 0 Å². The number of hydrogen-bond acceptors (Lipinski definition) is 5. The zero-order chi connectivity index (χ0) is 22.0. The number of benzene rings is 3. The summed E-state index contributed by atoms with van der Waals surface area (Å²) in [6, 6.07) is 20.7. The number of nitrogens with zero attached hydrogens (tertiary/aromatic N) is 1. The SMILES string of the molecule is COc1ccc(NC(=O)CN2C(=O)[C@](O)(c3ccccc3)c3ccccc32)c(OC)c1. The smallest absolute Gasteiger partial charge is 0.268 e. The number of para-hydroxylation sites is 1. The van der Waals surface area contributed by atoms with Crippen molar-refractivity contribution in [3.63, 3.8) is 0 Å². The third-order valence-electron chi connectivity index (χ3n) is 5.32. The Morgan fingerprint density at radius 3 is 2.42 bits per heavy atom. The molecule has 1 aliphatic heterocycles. The van der Waals surface area contributed by atoms with Gasteiger partial charge in [0.15, 0.2) is 5.60 Å². The van der Waals surface area contributed by atoms with Crippen LogP contribution in [0, 0.1) is 0 Å². The summed E-state index contributed by atoms with van der Waals surface area (Å²) >= 11 is 0. The highest BCUT2D eigenvalue weighted by Gasteiger charge is 2.51. The summed E-state index contributed by atoms with van der Waals surface area (Å²) in [5, 5.41) is 14.2. The second kappa shape index (κ2) is 8.12. The van der Waals surface area contributed by atoms with E-state index >= 15 is 0 Å². The van der Waals surface area contributed by atoms with E-state index in [-0.39, 0.29) is 6.54 Å². The molecular weight excluding hydrogens is 396 g/mol. The number of nitrogens with one attached hydrogen (secondary N) is 1. The molecule has 0 saturated carbocycles. The van der Waals surface area contributed by atoms with Crippen LogP contribution in [0.1, 0.15) is 11.1 Å². The molecule has 1 aliphatic rings. The van der Waals surface area contributed by atoms with Crippen LogP contribution in [0.25, 0.3) is 0 Å². The maximum absolute atomic E-state index is 13.3. The summed E-state index contributed by atoms with van der Waals surface area (Å²) in [5.41, 5.74) is -0.00823. The molecule has 1 heterocycles. The summed E-state index contributed by atoms with van der Waals surface area (Å²) in [4.78, 5) is 27.5. The van der Waals surface area contributed by atoms with Crippen molar-refractivity contribution in [2.45, 2.75) is 5.60 Å². The van der Waals surface area contributed by atoms with Gasteiger partial charge in [-0.15, -0.1) is 0 Å². The number of amides is 2. The molecular formula is C24H22N2O5. The van der Waals surface area contributed by atoms with Crippen LogP contribution in [0.15, 0.2) is 72.8 Å². The molecule has 31 heavy (non-hydrogen) atoms. The standard InChI is InChI=1S/C24H22N2O5/c1-30-17-12-13-19(21(14-17)31-2)25-22(27)15-26-20-11-7-6-10-18(20)24(29,23(26)28)16-8-4-3-5-9-16/h3-14,29H,15H2,1-2H3,(H,25,27)/t24-/m0/s1. The van der Waals surface area contributed by atoms with E-state index in [1.54, 1.807) is 66.7 Å². The number of anilines is 2. The van der Waals surface area contributed by atoms with Crippen molar-refractivity contribution in [1.82, 2.24) is 0 Å². The van der Waals surface area contributed by atoms with Crippen LogP contribution in [0.5, 0.6) is 11.5 Å². The van der Waals surface area contributed by atoms with Gasteiger partial charge in [-0.2, -0.15) is 0 Å². The van der Waals surface area contributed by atoms with E-state index < -0.39 is 17.4 Å². The first kappa shape index (κ1) is 20.4. The number of hydrogen-bond donors (Lipinski definition) is 2. The Hall–Kier alpha value is -3.84. The minimum Gasteiger partial charge on any atom is -0.497 e. The van der Waals surface area contributed by atoms with Crippen LogP contribution in [-0.2, 0) is 15.2 Å². The molecule has 0 radical (unpaired) electrons. The van der Waals surface area contributed by atoms with E-state index in [2.05, 4.69) is 5.32 Å². The van der Waals surface area contributed by atoms with Gasteiger partial charge < -0.3 is 19.9 Å². The maximum Gasteiger partial charge on any atom is 0.268 e. The molecule has 4 rings (SSSR count). The zero-order valence-corrected chi connectivity index (χ0v) is 17.2. The van der Waals surface area contributed by atoms with Crippen LogP contribution >= 0.6 is 0 Å². The second-order valence-electron chi connectivity index (χ2n) is 7.10. The molecule has 0 aromatic heterocycles. The third-order valence-corrected chi connectivity index (χ3v) is 5.32. The molecule has 2 N–H and O–H groups in total. The fraction of sp³-hybridized carbons (Fsp3) is 0.167. The molecule has 0 aliphatic carbocycles. The predicted octanol–water partition coefficient (Wildman–Crippen LogP) is 2.93. The molecule has 7 nitrogen and oxygen atoms in total. The first-order valence-electron chi connectivity index (χ1n) is 9.70. The molecule has 0 spiro atoms. The van der Waals surface area contributed by atoms with E-state index in [0.717, 1.165) is 0 Å². The van der Waals surface area contributed by atoms with E-state index in [1.807, 2.05) is 6.07 Å². The van der Waals surface area contributed by atoms with Gasteiger partial charge in [0.25, 0.3) is 5.91 Å². The molecule has 158 valence electrons. The van der Waals surface area contributed by atoms with E-state index in [0.29, 0.717) is 34.0 Å². The zero-order valence-electron chi connectivity index (χ0n) is 17.2. The topological polar surface area (TPSA) is 88.1 Å². The monoisotopic (exact) mass is 418 g/mol. The highest BCUT2D eigenvalue weighted by atomic mass is 16.5. The Labute approximate surface area is 179 Å². The van der Waals surface area contributed by atoms with Gasteiger partial charge in [0.05, 0.1) is 25.6 Å². The van der Waals surface area contributed by atoms with E-state index in [4.69, 9.17) is 9.47 Å². The van der Waals surface area contributed by atoms with Crippen molar-refractivity contribution in [1.29, 1.82) is 0 Å². The van der Waals surface area contributed by atoms with E-state index in [9.17, 15) is 14.7 Å². The molecule has 0 fully saturated rings. The Morgan fingerprint density at radius 1 is 1.00 bits per heavy atom. The van der Waals surface area contributed by atoms with Gasteiger partial charge in [-0.25, -0.2) is 0 Å². The van der Waals surface area contributed by atoms with Gasteiger partial charge in [-0.3, -0.25) is 14.5 Å². The van der Waals surface area contributed by atoms with Crippen molar-refractivity contribution in [3.8, 4) is 11.5 Å². The van der Waals surface area contributed by atoms with Gasteiger partial charge in [0, 0.05) is 11.6 Å². The first-order chi connectivity index (χ1) is 15.0. The predicted molar refractivity (Wildman–Crippen MR) is 116 cm³/mol. The minimum atomic E-state index is -1.85. The van der Waals surface area contributed by atoms with Crippen LogP contribution in [0.4, 0.5) is 11.4 Å². The number of ether oxygens (including phenoxy) is 2. The lowest BCUT2D eigenvalue weighted by atomic mass is 9.88. The molecule has 1 atom stereocenters. The van der Waals surface area contributed by atoms with Gasteiger partial charge in [-0.1, -0.05) is 48.5 Å². The summed E-state index contributed by atoms with van der Waals surface area (Å²) in [6.07, 6.45) is 0. The second-order valence-corrected chi connectivity index (χ2v) is 7.10. The Morgan fingerprint density at radius 2 is 1.71 bits per heavy atom. The molecule has 0 bridgehead atoms. The summed E-state index contributed by atoms with van der Waals surface area (Å²) in [7, 11) is 3.03. The van der Waals surface area contributed by atoms with E-state index in [1.165, 1.54) is 19.1 Å². The summed E-state index contributed by atoms with van der Waals surface area (Å²) < 4.78 is 10.5. The first-order valence-corrected chi connectivity index (χ1v) is 9.70. The van der Waals surface area contributed by atoms with Gasteiger partial charge in [0.2, 0.25) is 5.91 Å². The summed E-state index contributed by atoms with van der Waals surface area (Å²) in [5.74, 6) is 0.0220. The molecule has 3 aromatic carbocycles. The molecule has 2 amide bonds. The number of rotatable bonds is 6. The lowest BCUT2D eigenvalue weighted by Gasteiger charge is -2.23. The van der Waals surface area contributed by atoms with Crippen LogP contribution in [0.2, 0.25) is 0 Å². The van der Waals surface area contributed by atoms with Crippen LogP contribution in [0.3, 0.4) is 0 Å². The fourth-order valence-corrected chi connectivity index (χ4v) is 3.79. The highest BCUT2D eigenvalue weighted by molar-refractivity contribution is 6.12. The summed E-state index contributed by atoms with van der Waals surface area (Å²) in [6.45, 7) is -0.264. The lowest BCUT2D eigenvalue weighted by molar-refractivity contribution is -0.133. The quantitative estimate of drug-likeness (QED) is 0.643. The average molecular weight is 418 g/mol. The third kappa shape index (κ3) is 3.49. The molecule has 7 heteroatoms. The molecule has 3 aromatic rings. The fourth-order valence-electron chi connectivity index (χ4n) is 3.79. The van der Waals surface area contributed by atoms with Crippen LogP contribution in [-0.4, -0.2) is 37.7 Å². The maximum atomic E-state index is 13.3. The van der Waals surface area contributed by atoms with Crippen molar-refractivity contribution in [3.05, 3.63) is 83.9 Å². The Balaban J connectivity index is 1.62. The number of carbonyl (C=O) groups excluding carboxylic acids is 2. The Bertz CT molecular complexity index is 1130. The number of aliphatic hydroxyl groups is 1. The van der Waals surface area contributed by atoms with Gasteiger partial charge >= 0.3 is 0 Å². The average Bonchev–Trinajstić information content (AvgIpc) is 3.02. The van der Waals surface area contributed by atoms with Crippen molar-refractivity contribution in [2.75, 3.05) is 31.0 Å². The number of carbonyl (C=O) groups is 2. The highest BCUT2D eigenvalue weighted by Crippen LogP contribution is 2.44. The lowest BCUT2D eigenvalue weighted by Crippen LogP contribution is -2.44. The van der Waals surface area contributed by atoms with Crippen LogP contribution < -0.4 is 19.7 Å². The number of fused-ring (bicyclic) bond motifs is 1. The molecule has 0 saturated heterocycles. The van der Waals surface area contributed by atoms with Crippen molar-refractivity contribution >= 4 is 23.2 Å². The normalized spacial score (nSPS) is 17.3. The van der Waals surface area contributed by atoms with Gasteiger partial charge in [-0.05, 0) is 23.8 Å². The Kier molecular flexibility index (Phi) is 5.35. The minimum absolute atomic E-state index is 0.264.